The highest BCUT2D eigenvalue weighted by Gasteiger charge is 2.18. The zero-order chi connectivity index (χ0) is 33.5. The minimum Gasteiger partial charge on any atom is -0.456 e. The van der Waals surface area contributed by atoms with Crippen molar-refractivity contribution in [2.75, 3.05) is 0 Å². The highest BCUT2D eigenvalue weighted by Crippen LogP contribution is 2.40. The van der Waals surface area contributed by atoms with E-state index in [-0.39, 0.29) is 0 Å². The summed E-state index contributed by atoms with van der Waals surface area (Å²) in [6, 6.07) is 65.6. The first-order valence-corrected chi connectivity index (χ1v) is 17.4. The van der Waals surface area contributed by atoms with E-state index >= 15 is 0 Å². The molecule has 0 amide bonds. The van der Waals surface area contributed by atoms with Crippen molar-refractivity contribution in [3.05, 3.63) is 182 Å². The molecule has 0 spiro atoms. The lowest BCUT2D eigenvalue weighted by Gasteiger charge is -2.10. The molecule has 0 saturated heterocycles. The molecule has 0 fully saturated rings. The Balaban J connectivity index is 1.15. The summed E-state index contributed by atoms with van der Waals surface area (Å²) in [7, 11) is 0. The van der Waals surface area contributed by atoms with Crippen LogP contribution in [0.4, 0.5) is 0 Å². The second-order valence-electron chi connectivity index (χ2n) is 13.4. The third-order valence-corrected chi connectivity index (χ3v) is 10.5. The highest BCUT2D eigenvalue weighted by atomic mass is 16.3. The number of hydrogen-bond donors (Lipinski definition) is 0. The maximum Gasteiger partial charge on any atom is 0.135 e. The van der Waals surface area contributed by atoms with Crippen LogP contribution in [0.1, 0.15) is 0 Å². The van der Waals surface area contributed by atoms with Crippen molar-refractivity contribution in [1.29, 1.82) is 0 Å². The lowest BCUT2D eigenvalue weighted by atomic mass is 10.0. The molecular weight excluding hydrogens is 621 g/mol. The second kappa shape index (κ2) is 10.8. The number of hydrogen-bond acceptors (Lipinski definition) is 1. The molecule has 0 aliphatic carbocycles. The molecule has 0 bridgehead atoms. The summed E-state index contributed by atoms with van der Waals surface area (Å²) in [5.74, 6) is 0. The van der Waals surface area contributed by atoms with Gasteiger partial charge in [-0.2, -0.15) is 0 Å². The zero-order valence-corrected chi connectivity index (χ0v) is 27.6. The first-order chi connectivity index (χ1) is 25.3. The fraction of sp³-hybridized carbons (Fsp3) is 0. The van der Waals surface area contributed by atoms with Crippen molar-refractivity contribution < 1.29 is 4.42 Å². The van der Waals surface area contributed by atoms with Crippen LogP contribution in [0.2, 0.25) is 0 Å². The van der Waals surface area contributed by atoms with Gasteiger partial charge in [0.15, 0.2) is 0 Å². The van der Waals surface area contributed by atoms with Crippen LogP contribution in [-0.4, -0.2) is 9.13 Å². The number of benzene rings is 8. The Bertz CT molecular complexity index is 3130. The van der Waals surface area contributed by atoms with Crippen LogP contribution in [0.25, 0.3) is 99.2 Å². The summed E-state index contributed by atoms with van der Waals surface area (Å²) in [5, 5.41) is 7.22. The molecule has 3 aromatic heterocycles. The molecule has 11 aromatic rings. The maximum atomic E-state index is 6.16. The topological polar surface area (TPSA) is 23.0 Å². The van der Waals surface area contributed by atoms with Crippen LogP contribution in [0.5, 0.6) is 0 Å². The molecule has 51 heavy (non-hydrogen) atoms. The van der Waals surface area contributed by atoms with Crippen molar-refractivity contribution >= 4 is 65.6 Å². The van der Waals surface area contributed by atoms with Gasteiger partial charge in [0.05, 0.1) is 22.1 Å². The number of furan rings is 1. The Labute approximate surface area is 293 Å². The summed E-state index contributed by atoms with van der Waals surface area (Å²) < 4.78 is 11.0. The van der Waals surface area contributed by atoms with Gasteiger partial charge in [0.2, 0.25) is 0 Å². The van der Waals surface area contributed by atoms with E-state index in [9.17, 15) is 0 Å². The summed E-state index contributed by atoms with van der Waals surface area (Å²) >= 11 is 0. The van der Waals surface area contributed by atoms with Crippen molar-refractivity contribution in [3.63, 3.8) is 0 Å². The van der Waals surface area contributed by atoms with Gasteiger partial charge in [-0.1, -0.05) is 103 Å². The lowest BCUT2D eigenvalue weighted by molar-refractivity contribution is 0.669. The smallest absolute Gasteiger partial charge is 0.135 e. The molecule has 0 saturated carbocycles. The number of nitrogens with zero attached hydrogens (tertiary/aromatic N) is 2. The fourth-order valence-corrected chi connectivity index (χ4v) is 8.15. The summed E-state index contributed by atoms with van der Waals surface area (Å²) in [6.07, 6.45) is 0. The third-order valence-electron chi connectivity index (χ3n) is 10.5. The Morgan fingerprint density at radius 2 is 0.765 bits per heavy atom. The largest absolute Gasteiger partial charge is 0.456 e. The fourth-order valence-electron chi connectivity index (χ4n) is 8.15. The van der Waals surface area contributed by atoms with Gasteiger partial charge in [0.25, 0.3) is 0 Å². The Morgan fingerprint density at radius 3 is 1.53 bits per heavy atom. The van der Waals surface area contributed by atoms with Crippen LogP contribution in [0, 0.1) is 0 Å². The first kappa shape index (κ1) is 28.0. The SMILES string of the molecule is c1ccc(-c2ccc3c(c2)c2ccccc2n3-c2ccc3c(c2)c2cc(-c4ccc5oc6ccccc6c5c4)ccc2n3-c2ccccc2)cc1. The molecule has 3 heterocycles. The van der Waals surface area contributed by atoms with E-state index in [4.69, 9.17) is 4.42 Å². The Hall–Kier alpha value is -6.84. The molecule has 8 aromatic carbocycles. The van der Waals surface area contributed by atoms with Crippen LogP contribution in [0.3, 0.4) is 0 Å². The van der Waals surface area contributed by atoms with Crippen molar-refractivity contribution in [2.24, 2.45) is 0 Å². The summed E-state index contributed by atoms with van der Waals surface area (Å²) in [6.45, 7) is 0. The van der Waals surface area contributed by atoms with Crippen molar-refractivity contribution in [1.82, 2.24) is 9.13 Å². The Morgan fingerprint density at radius 1 is 0.275 bits per heavy atom. The van der Waals surface area contributed by atoms with Crippen LogP contribution < -0.4 is 0 Å². The van der Waals surface area contributed by atoms with Gasteiger partial charge >= 0.3 is 0 Å². The molecular formula is C48H30N2O. The molecule has 0 aliphatic rings. The molecule has 3 nitrogen and oxygen atoms in total. The number of rotatable bonds is 4. The average molecular weight is 651 g/mol. The van der Waals surface area contributed by atoms with Crippen LogP contribution >= 0.6 is 0 Å². The standard InChI is InChI=1S/C48H30N2O/c1-3-11-31(12-4-1)32-19-23-44-39(27-32)37-15-7-9-17-43(37)50(44)36-22-25-46-41(30-36)40-28-33(20-24-45(40)49(46)35-13-5-2-6-14-35)34-21-26-48-42(29-34)38-16-8-10-18-47(38)51-48/h1-30H. The van der Waals surface area contributed by atoms with E-state index in [2.05, 4.69) is 179 Å². The molecule has 11 rings (SSSR count). The number of para-hydroxylation sites is 3. The average Bonchev–Trinajstić information content (AvgIpc) is 3.85. The third kappa shape index (κ3) is 4.25. The van der Waals surface area contributed by atoms with Gasteiger partial charge in [0.1, 0.15) is 11.2 Å². The van der Waals surface area contributed by atoms with Gasteiger partial charge < -0.3 is 13.6 Å². The first-order valence-electron chi connectivity index (χ1n) is 17.4. The summed E-state index contributed by atoms with van der Waals surface area (Å²) in [5.41, 5.74) is 13.7. The number of aromatic nitrogens is 2. The predicted octanol–water partition coefficient (Wildman–Crippen LogP) is 13.1. The van der Waals surface area contributed by atoms with Crippen LogP contribution in [0.15, 0.2) is 186 Å². The van der Waals surface area contributed by atoms with Crippen molar-refractivity contribution in [2.45, 2.75) is 0 Å². The lowest BCUT2D eigenvalue weighted by Crippen LogP contribution is -1.95. The zero-order valence-electron chi connectivity index (χ0n) is 27.6. The predicted molar refractivity (Wildman–Crippen MR) is 213 cm³/mol. The van der Waals surface area contributed by atoms with Gasteiger partial charge in [-0.15, -0.1) is 0 Å². The molecule has 238 valence electrons. The van der Waals surface area contributed by atoms with E-state index in [0.29, 0.717) is 0 Å². The van der Waals surface area contributed by atoms with E-state index < -0.39 is 0 Å². The quantitative estimate of drug-likeness (QED) is 0.186. The minimum absolute atomic E-state index is 0.911. The molecule has 3 heteroatoms. The van der Waals surface area contributed by atoms with Gasteiger partial charge in [-0.05, 0) is 101 Å². The highest BCUT2D eigenvalue weighted by molar-refractivity contribution is 6.14. The monoisotopic (exact) mass is 650 g/mol. The molecule has 0 aliphatic heterocycles. The molecule has 0 N–H and O–H groups in total. The van der Waals surface area contributed by atoms with Crippen molar-refractivity contribution in [3.8, 4) is 33.6 Å². The van der Waals surface area contributed by atoms with Gasteiger partial charge in [-0.25, -0.2) is 0 Å². The molecule has 0 atom stereocenters. The van der Waals surface area contributed by atoms with Gasteiger partial charge in [-0.3, -0.25) is 0 Å². The van der Waals surface area contributed by atoms with Gasteiger partial charge in [0, 0.05) is 43.7 Å². The molecule has 0 unspecified atom stereocenters. The normalized spacial score (nSPS) is 11.9. The van der Waals surface area contributed by atoms with E-state index in [1.54, 1.807) is 0 Å². The minimum atomic E-state index is 0.911. The van der Waals surface area contributed by atoms with Crippen LogP contribution in [-0.2, 0) is 0 Å². The van der Waals surface area contributed by atoms with E-state index in [1.807, 2.05) is 12.1 Å². The Kier molecular flexibility index (Phi) is 5.96. The van der Waals surface area contributed by atoms with E-state index in [0.717, 1.165) is 33.3 Å². The molecule has 0 radical (unpaired) electrons. The second-order valence-corrected chi connectivity index (χ2v) is 13.4. The number of fused-ring (bicyclic) bond motifs is 9. The maximum absolute atomic E-state index is 6.16. The van der Waals surface area contributed by atoms with E-state index in [1.165, 1.54) is 65.9 Å². The summed E-state index contributed by atoms with van der Waals surface area (Å²) in [4.78, 5) is 0.